The number of amides is 1. The molecule has 3 aromatic carbocycles. The maximum absolute atomic E-state index is 13.2. The standard InChI is InChI=1S/C25H18ClF3N2O/c1-14-7-8-16(11-15(14)2)22-13-19(18-5-3-4-6-21(18)30-22)24(32)31-23-12-17(25(27,28)29)9-10-20(23)26/h3-13H,1-2H3,(H,31,32). The zero-order valence-corrected chi connectivity index (χ0v) is 18.0. The molecule has 0 aliphatic carbocycles. The van der Waals surface area contributed by atoms with Gasteiger partial charge in [-0.15, -0.1) is 0 Å². The molecular weight excluding hydrogens is 437 g/mol. The van der Waals surface area contributed by atoms with Crippen LogP contribution < -0.4 is 5.32 Å². The van der Waals surface area contributed by atoms with Crippen molar-refractivity contribution in [1.29, 1.82) is 0 Å². The van der Waals surface area contributed by atoms with Crippen LogP contribution in [0.1, 0.15) is 27.0 Å². The number of carbonyl (C=O) groups is 1. The molecule has 4 aromatic rings. The van der Waals surface area contributed by atoms with E-state index in [4.69, 9.17) is 11.6 Å². The van der Waals surface area contributed by atoms with Crippen LogP contribution in [0.25, 0.3) is 22.2 Å². The van der Waals surface area contributed by atoms with Gasteiger partial charge in [-0.2, -0.15) is 13.2 Å². The van der Waals surface area contributed by atoms with Gasteiger partial charge in [0.25, 0.3) is 5.91 Å². The third-order valence-electron chi connectivity index (χ3n) is 5.31. The van der Waals surface area contributed by atoms with Crippen molar-refractivity contribution in [2.24, 2.45) is 0 Å². The number of rotatable bonds is 3. The minimum Gasteiger partial charge on any atom is -0.321 e. The summed E-state index contributed by atoms with van der Waals surface area (Å²) in [6.45, 7) is 3.99. The highest BCUT2D eigenvalue weighted by Crippen LogP contribution is 2.34. The Bertz CT molecular complexity index is 1350. The predicted molar refractivity (Wildman–Crippen MR) is 121 cm³/mol. The number of carbonyl (C=O) groups excluding carboxylic acids is 1. The topological polar surface area (TPSA) is 42.0 Å². The monoisotopic (exact) mass is 454 g/mol. The van der Waals surface area contributed by atoms with Crippen molar-refractivity contribution >= 4 is 34.1 Å². The van der Waals surface area contributed by atoms with E-state index in [0.29, 0.717) is 16.6 Å². The van der Waals surface area contributed by atoms with Gasteiger partial charge in [0, 0.05) is 10.9 Å². The zero-order chi connectivity index (χ0) is 23.0. The van der Waals surface area contributed by atoms with Gasteiger partial charge in [0.15, 0.2) is 0 Å². The van der Waals surface area contributed by atoms with Gasteiger partial charge >= 0.3 is 6.18 Å². The van der Waals surface area contributed by atoms with Crippen LogP contribution >= 0.6 is 11.6 Å². The van der Waals surface area contributed by atoms with Crippen LogP contribution in [0.5, 0.6) is 0 Å². The number of nitrogens with zero attached hydrogens (tertiary/aromatic N) is 1. The molecule has 0 saturated heterocycles. The molecule has 0 aliphatic heterocycles. The van der Waals surface area contributed by atoms with E-state index in [1.165, 1.54) is 0 Å². The lowest BCUT2D eigenvalue weighted by molar-refractivity contribution is -0.137. The molecule has 1 aromatic heterocycles. The maximum atomic E-state index is 13.2. The zero-order valence-electron chi connectivity index (χ0n) is 17.2. The lowest BCUT2D eigenvalue weighted by atomic mass is 10.0. The number of pyridine rings is 1. The molecule has 1 heterocycles. The lowest BCUT2D eigenvalue weighted by Crippen LogP contribution is -2.14. The first-order valence-corrected chi connectivity index (χ1v) is 10.2. The van der Waals surface area contributed by atoms with Gasteiger partial charge in [0.1, 0.15) is 0 Å². The fourth-order valence-electron chi connectivity index (χ4n) is 3.40. The third kappa shape index (κ3) is 4.32. The van der Waals surface area contributed by atoms with Gasteiger partial charge in [-0.05, 0) is 61.4 Å². The second-order valence-electron chi connectivity index (χ2n) is 7.52. The molecular formula is C25H18ClF3N2O. The van der Waals surface area contributed by atoms with Crippen LogP contribution in [0.2, 0.25) is 5.02 Å². The summed E-state index contributed by atoms with van der Waals surface area (Å²) < 4.78 is 39.3. The Labute approximate surface area is 187 Å². The summed E-state index contributed by atoms with van der Waals surface area (Å²) in [5.74, 6) is -0.574. The fraction of sp³-hybridized carbons (Fsp3) is 0.120. The summed E-state index contributed by atoms with van der Waals surface area (Å²) in [7, 11) is 0. The molecule has 0 aliphatic rings. The van der Waals surface area contributed by atoms with Crippen LogP contribution in [0.4, 0.5) is 18.9 Å². The van der Waals surface area contributed by atoms with E-state index >= 15 is 0 Å². The Hall–Kier alpha value is -3.38. The van der Waals surface area contributed by atoms with Crippen LogP contribution in [0, 0.1) is 13.8 Å². The number of hydrogen-bond donors (Lipinski definition) is 1. The van der Waals surface area contributed by atoms with E-state index in [9.17, 15) is 18.0 Å². The molecule has 1 amide bonds. The van der Waals surface area contributed by atoms with Crippen molar-refractivity contribution in [2.45, 2.75) is 20.0 Å². The van der Waals surface area contributed by atoms with Crippen LogP contribution in [0.15, 0.2) is 66.7 Å². The smallest absolute Gasteiger partial charge is 0.321 e. The van der Waals surface area contributed by atoms with Crippen molar-refractivity contribution in [2.75, 3.05) is 5.32 Å². The number of benzene rings is 3. The van der Waals surface area contributed by atoms with Crippen molar-refractivity contribution < 1.29 is 18.0 Å². The van der Waals surface area contributed by atoms with Gasteiger partial charge in [0.2, 0.25) is 0 Å². The number of hydrogen-bond acceptors (Lipinski definition) is 2. The highest BCUT2D eigenvalue weighted by Gasteiger charge is 2.31. The number of halogens is 4. The van der Waals surface area contributed by atoms with Crippen molar-refractivity contribution in [3.05, 3.63) is 94.0 Å². The molecule has 0 spiro atoms. The molecule has 7 heteroatoms. The summed E-state index contributed by atoms with van der Waals surface area (Å²) in [5, 5.41) is 3.13. The Morgan fingerprint density at radius 1 is 0.938 bits per heavy atom. The minimum absolute atomic E-state index is 0.0131. The lowest BCUT2D eigenvalue weighted by Gasteiger charge is -2.14. The summed E-state index contributed by atoms with van der Waals surface area (Å²) in [4.78, 5) is 17.8. The maximum Gasteiger partial charge on any atom is 0.416 e. The van der Waals surface area contributed by atoms with Gasteiger partial charge in [-0.3, -0.25) is 4.79 Å². The largest absolute Gasteiger partial charge is 0.416 e. The molecule has 0 bridgehead atoms. The Kier molecular flexibility index (Phi) is 5.65. The Balaban J connectivity index is 1.80. The third-order valence-corrected chi connectivity index (χ3v) is 5.63. The molecule has 0 saturated carbocycles. The average molecular weight is 455 g/mol. The number of aryl methyl sites for hydroxylation is 2. The van der Waals surface area contributed by atoms with Crippen LogP contribution in [-0.2, 0) is 6.18 Å². The van der Waals surface area contributed by atoms with E-state index in [-0.39, 0.29) is 16.3 Å². The van der Waals surface area contributed by atoms with Crippen molar-refractivity contribution in [1.82, 2.24) is 4.98 Å². The first-order valence-electron chi connectivity index (χ1n) is 9.79. The van der Waals surface area contributed by atoms with Crippen LogP contribution in [0.3, 0.4) is 0 Å². The summed E-state index contributed by atoms with van der Waals surface area (Å²) >= 11 is 6.06. The summed E-state index contributed by atoms with van der Waals surface area (Å²) in [6, 6.07) is 17.5. The summed E-state index contributed by atoms with van der Waals surface area (Å²) in [5.41, 5.74) is 3.52. The molecule has 0 fully saturated rings. The molecule has 0 radical (unpaired) electrons. The van der Waals surface area contributed by atoms with E-state index in [2.05, 4.69) is 10.3 Å². The minimum atomic E-state index is -4.55. The highest BCUT2D eigenvalue weighted by atomic mass is 35.5. The first-order chi connectivity index (χ1) is 15.1. The number of fused-ring (bicyclic) bond motifs is 1. The molecule has 1 N–H and O–H groups in total. The summed E-state index contributed by atoms with van der Waals surface area (Å²) in [6.07, 6.45) is -4.55. The van der Waals surface area contributed by atoms with Crippen molar-refractivity contribution in [3.63, 3.8) is 0 Å². The number of alkyl halides is 3. The predicted octanol–water partition coefficient (Wildman–Crippen LogP) is 7.44. The Morgan fingerprint density at radius 2 is 1.69 bits per heavy atom. The number of nitrogens with one attached hydrogen (secondary N) is 1. The number of aromatic nitrogens is 1. The molecule has 3 nitrogen and oxygen atoms in total. The first kappa shape index (κ1) is 21.8. The number of anilines is 1. The van der Waals surface area contributed by atoms with E-state index in [1.807, 2.05) is 38.1 Å². The van der Waals surface area contributed by atoms with Gasteiger partial charge < -0.3 is 5.32 Å². The van der Waals surface area contributed by atoms with Crippen LogP contribution in [-0.4, -0.2) is 10.9 Å². The Morgan fingerprint density at radius 3 is 2.41 bits per heavy atom. The van der Waals surface area contributed by atoms with Gasteiger partial charge in [0.05, 0.1) is 33.0 Å². The van der Waals surface area contributed by atoms with Gasteiger partial charge in [-0.25, -0.2) is 4.98 Å². The van der Waals surface area contributed by atoms with E-state index < -0.39 is 17.6 Å². The molecule has 162 valence electrons. The van der Waals surface area contributed by atoms with E-state index in [0.717, 1.165) is 34.9 Å². The van der Waals surface area contributed by atoms with Crippen molar-refractivity contribution in [3.8, 4) is 11.3 Å². The SMILES string of the molecule is Cc1ccc(-c2cc(C(=O)Nc3cc(C(F)(F)F)ccc3Cl)c3ccccc3n2)cc1C. The second kappa shape index (κ2) is 8.28. The highest BCUT2D eigenvalue weighted by molar-refractivity contribution is 6.34. The van der Waals surface area contributed by atoms with E-state index in [1.54, 1.807) is 24.3 Å². The second-order valence-corrected chi connectivity index (χ2v) is 7.92. The number of para-hydroxylation sites is 1. The molecule has 0 atom stereocenters. The quantitative estimate of drug-likeness (QED) is 0.349. The van der Waals surface area contributed by atoms with Gasteiger partial charge in [-0.1, -0.05) is 41.9 Å². The molecule has 0 unspecified atom stereocenters. The normalized spacial score (nSPS) is 11.6. The fourth-order valence-corrected chi connectivity index (χ4v) is 3.56. The molecule has 32 heavy (non-hydrogen) atoms. The average Bonchev–Trinajstić information content (AvgIpc) is 2.75. The molecule has 4 rings (SSSR count).